The Hall–Kier alpha value is -1.60. The topological polar surface area (TPSA) is 12.0 Å². The molecule has 104 valence electrons. The molecule has 0 heterocycles. The van der Waals surface area contributed by atoms with Crippen LogP contribution in [0.5, 0.6) is 0 Å². The van der Waals surface area contributed by atoms with E-state index in [1.165, 1.54) is 35.1 Å². The van der Waals surface area contributed by atoms with Crippen LogP contribution in [0.4, 0.5) is 0 Å². The quantitative estimate of drug-likeness (QED) is 0.855. The van der Waals surface area contributed by atoms with Crippen LogP contribution in [0.25, 0.3) is 0 Å². The molecule has 3 rings (SSSR count). The van der Waals surface area contributed by atoms with Gasteiger partial charge < -0.3 is 5.32 Å². The number of aryl methyl sites for hydroxylation is 2. The van der Waals surface area contributed by atoms with Gasteiger partial charge in [-0.3, -0.25) is 0 Å². The highest BCUT2D eigenvalue weighted by Crippen LogP contribution is 2.29. The molecule has 1 unspecified atom stereocenters. The van der Waals surface area contributed by atoms with Crippen molar-refractivity contribution in [2.24, 2.45) is 0 Å². The summed E-state index contributed by atoms with van der Waals surface area (Å²) < 4.78 is 0. The van der Waals surface area contributed by atoms with Crippen LogP contribution >= 0.6 is 0 Å². The Morgan fingerprint density at radius 3 is 2.45 bits per heavy atom. The molecule has 0 aromatic heterocycles. The van der Waals surface area contributed by atoms with Gasteiger partial charge in [0.1, 0.15) is 0 Å². The molecule has 0 amide bonds. The van der Waals surface area contributed by atoms with Crippen LogP contribution < -0.4 is 5.32 Å². The van der Waals surface area contributed by atoms with Crippen molar-refractivity contribution in [3.63, 3.8) is 0 Å². The second kappa shape index (κ2) is 5.80. The Labute approximate surface area is 122 Å². The molecule has 2 aromatic carbocycles. The first kappa shape index (κ1) is 13.4. The Morgan fingerprint density at radius 2 is 1.80 bits per heavy atom. The highest BCUT2D eigenvalue weighted by atomic mass is 14.9. The Bertz CT molecular complexity index is 570. The monoisotopic (exact) mass is 265 g/mol. The van der Waals surface area contributed by atoms with Crippen LogP contribution in [0.1, 0.15) is 41.0 Å². The lowest BCUT2D eigenvalue weighted by molar-refractivity contribution is 0.630. The van der Waals surface area contributed by atoms with E-state index in [2.05, 4.69) is 67.7 Å². The average molecular weight is 265 g/mol. The van der Waals surface area contributed by atoms with Gasteiger partial charge in [-0.25, -0.2) is 0 Å². The maximum Gasteiger partial charge on any atom is 0.0217 e. The van der Waals surface area contributed by atoms with Crippen molar-refractivity contribution in [2.45, 2.75) is 38.6 Å². The highest BCUT2D eigenvalue weighted by Gasteiger charge is 2.23. The van der Waals surface area contributed by atoms with Gasteiger partial charge in [0.25, 0.3) is 0 Å². The largest absolute Gasteiger partial charge is 0.313 e. The van der Waals surface area contributed by atoms with Gasteiger partial charge in [-0.2, -0.15) is 0 Å². The third-order valence-electron chi connectivity index (χ3n) is 4.19. The normalized spacial score (nSPS) is 16.1. The maximum atomic E-state index is 3.70. The Morgan fingerprint density at radius 1 is 1.05 bits per heavy atom. The smallest absolute Gasteiger partial charge is 0.0217 e. The molecule has 1 N–H and O–H groups in total. The molecule has 1 aliphatic carbocycles. The van der Waals surface area contributed by atoms with E-state index in [9.17, 15) is 0 Å². The lowest BCUT2D eigenvalue weighted by Gasteiger charge is -2.21. The molecule has 1 heteroatoms. The minimum absolute atomic E-state index is 0.456. The van der Waals surface area contributed by atoms with Crippen LogP contribution in [-0.4, -0.2) is 12.6 Å². The number of rotatable bonds is 5. The van der Waals surface area contributed by atoms with Gasteiger partial charge in [0.15, 0.2) is 0 Å². The summed E-state index contributed by atoms with van der Waals surface area (Å²) in [5.41, 5.74) is 5.60. The summed E-state index contributed by atoms with van der Waals surface area (Å²) >= 11 is 0. The summed E-state index contributed by atoms with van der Waals surface area (Å²) in [6.07, 6.45) is 2.68. The number of hydrogen-bond donors (Lipinski definition) is 1. The third kappa shape index (κ3) is 3.10. The molecule has 0 radical (unpaired) electrons. The maximum absolute atomic E-state index is 3.70. The van der Waals surface area contributed by atoms with Crippen LogP contribution in [0, 0.1) is 13.8 Å². The van der Waals surface area contributed by atoms with Crippen molar-refractivity contribution in [1.82, 2.24) is 5.32 Å². The zero-order chi connectivity index (χ0) is 13.9. The van der Waals surface area contributed by atoms with Crippen molar-refractivity contribution < 1.29 is 0 Å². The third-order valence-corrected chi connectivity index (χ3v) is 4.19. The summed E-state index contributed by atoms with van der Waals surface area (Å²) in [7, 11) is 0. The van der Waals surface area contributed by atoms with Crippen molar-refractivity contribution in [2.75, 3.05) is 6.54 Å². The van der Waals surface area contributed by atoms with Gasteiger partial charge in [0.05, 0.1) is 0 Å². The van der Waals surface area contributed by atoms with Gasteiger partial charge in [0, 0.05) is 18.5 Å². The molecule has 1 atom stereocenters. The molecule has 0 aliphatic heterocycles. The molecular weight excluding hydrogens is 242 g/mol. The average Bonchev–Trinajstić information content (AvgIpc) is 3.26. The Balaban J connectivity index is 1.90. The van der Waals surface area contributed by atoms with E-state index < -0.39 is 0 Å². The zero-order valence-electron chi connectivity index (χ0n) is 12.4. The van der Waals surface area contributed by atoms with Gasteiger partial charge in [-0.15, -0.1) is 0 Å². The molecule has 0 saturated heterocycles. The Kier molecular flexibility index (Phi) is 3.88. The van der Waals surface area contributed by atoms with Crippen LogP contribution in [0.15, 0.2) is 48.5 Å². The predicted octanol–water partition coefficient (Wildman–Crippen LogP) is 4.19. The standard InChI is InChI=1S/C19H23N/c1-14-8-11-18(15(2)12-14)19(13-20-17-9-10-17)16-6-4-3-5-7-16/h3-8,11-12,17,19-20H,9-10,13H2,1-2H3. The number of hydrogen-bond acceptors (Lipinski definition) is 1. The van der Waals surface area contributed by atoms with Gasteiger partial charge in [-0.05, 0) is 43.4 Å². The minimum Gasteiger partial charge on any atom is -0.313 e. The molecular formula is C19H23N. The van der Waals surface area contributed by atoms with E-state index in [-0.39, 0.29) is 0 Å². The van der Waals surface area contributed by atoms with Crippen molar-refractivity contribution >= 4 is 0 Å². The fraction of sp³-hybridized carbons (Fsp3) is 0.368. The van der Waals surface area contributed by atoms with E-state index >= 15 is 0 Å². The second-order valence-corrected chi connectivity index (χ2v) is 6.01. The van der Waals surface area contributed by atoms with E-state index in [1.54, 1.807) is 0 Å². The summed E-state index contributed by atoms with van der Waals surface area (Å²) in [5, 5.41) is 3.70. The van der Waals surface area contributed by atoms with Crippen molar-refractivity contribution in [3.8, 4) is 0 Å². The lowest BCUT2D eigenvalue weighted by Crippen LogP contribution is -2.24. The van der Waals surface area contributed by atoms with Crippen LogP contribution in [-0.2, 0) is 0 Å². The van der Waals surface area contributed by atoms with Crippen LogP contribution in [0.3, 0.4) is 0 Å². The SMILES string of the molecule is Cc1ccc(C(CNC2CC2)c2ccccc2)c(C)c1. The summed E-state index contributed by atoms with van der Waals surface area (Å²) in [6.45, 7) is 5.44. The van der Waals surface area contributed by atoms with E-state index in [0.717, 1.165) is 12.6 Å². The van der Waals surface area contributed by atoms with Crippen molar-refractivity contribution in [1.29, 1.82) is 0 Å². The second-order valence-electron chi connectivity index (χ2n) is 6.01. The minimum atomic E-state index is 0.456. The van der Waals surface area contributed by atoms with Gasteiger partial charge in [-0.1, -0.05) is 54.1 Å². The molecule has 1 nitrogen and oxygen atoms in total. The molecule has 1 fully saturated rings. The van der Waals surface area contributed by atoms with E-state index in [1.807, 2.05) is 0 Å². The predicted molar refractivity (Wildman–Crippen MR) is 85.2 cm³/mol. The van der Waals surface area contributed by atoms with E-state index in [0.29, 0.717) is 5.92 Å². The van der Waals surface area contributed by atoms with Crippen LogP contribution in [0.2, 0.25) is 0 Å². The number of nitrogens with one attached hydrogen (secondary N) is 1. The fourth-order valence-electron chi connectivity index (χ4n) is 2.88. The first-order chi connectivity index (χ1) is 9.74. The van der Waals surface area contributed by atoms with Gasteiger partial charge >= 0.3 is 0 Å². The molecule has 0 spiro atoms. The highest BCUT2D eigenvalue weighted by molar-refractivity contribution is 5.39. The fourth-order valence-corrected chi connectivity index (χ4v) is 2.88. The molecule has 2 aromatic rings. The number of benzene rings is 2. The molecule has 1 aliphatic rings. The zero-order valence-corrected chi connectivity index (χ0v) is 12.4. The first-order valence-corrected chi connectivity index (χ1v) is 7.59. The first-order valence-electron chi connectivity index (χ1n) is 7.59. The summed E-state index contributed by atoms with van der Waals surface area (Å²) in [5.74, 6) is 0.456. The van der Waals surface area contributed by atoms with E-state index in [4.69, 9.17) is 0 Å². The van der Waals surface area contributed by atoms with Crippen molar-refractivity contribution in [3.05, 3.63) is 70.8 Å². The summed E-state index contributed by atoms with van der Waals surface area (Å²) in [4.78, 5) is 0. The lowest BCUT2D eigenvalue weighted by atomic mass is 9.87. The molecule has 0 bridgehead atoms. The molecule has 20 heavy (non-hydrogen) atoms. The van der Waals surface area contributed by atoms with Gasteiger partial charge in [0.2, 0.25) is 0 Å². The molecule has 1 saturated carbocycles. The summed E-state index contributed by atoms with van der Waals surface area (Å²) in [6, 6.07) is 18.5.